The second-order valence-corrected chi connectivity index (χ2v) is 6.77. The van der Waals surface area contributed by atoms with Crippen molar-refractivity contribution in [3.63, 3.8) is 0 Å². The molecule has 24 heavy (non-hydrogen) atoms. The molecule has 0 aliphatic carbocycles. The molecule has 122 valence electrons. The molecule has 6 heteroatoms. The molecular formula is C18H15BrFN3O. The number of aromatic amines is 1. The topological polar surface area (TPSA) is 49.0 Å². The average molecular weight is 388 g/mol. The number of halogens is 2. The van der Waals surface area contributed by atoms with E-state index in [9.17, 15) is 9.18 Å². The van der Waals surface area contributed by atoms with E-state index in [0.29, 0.717) is 16.6 Å². The van der Waals surface area contributed by atoms with E-state index < -0.39 is 5.82 Å². The lowest BCUT2D eigenvalue weighted by Crippen LogP contribution is -2.31. The molecule has 3 aromatic rings. The second-order valence-electron chi connectivity index (χ2n) is 5.92. The van der Waals surface area contributed by atoms with Crippen molar-refractivity contribution in [2.24, 2.45) is 0 Å². The quantitative estimate of drug-likeness (QED) is 0.706. The first-order valence-electron chi connectivity index (χ1n) is 7.84. The molecule has 0 radical (unpaired) electrons. The summed E-state index contributed by atoms with van der Waals surface area (Å²) in [6, 6.07) is 11.9. The Hall–Kier alpha value is -2.21. The number of fused-ring (bicyclic) bond motifs is 1. The van der Waals surface area contributed by atoms with Crippen LogP contribution in [0.2, 0.25) is 0 Å². The molecular weight excluding hydrogens is 373 g/mol. The van der Waals surface area contributed by atoms with E-state index in [2.05, 4.69) is 25.9 Å². The number of aromatic nitrogens is 2. The Morgan fingerprint density at radius 2 is 2.12 bits per heavy atom. The van der Waals surface area contributed by atoms with Gasteiger partial charge in [-0.1, -0.05) is 12.1 Å². The van der Waals surface area contributed by atoms with Gasteiger partial charge in [-0.05, 0) is 59.1 Å². The van der Waals surface area contributed by atoms with Crippen LogP contribution >= 0.6 is 15.9 Å². The lowest BCUT2D eigenvalue weighted by molar-refractivity contribution is 0.0729. The van der Waals surface area contributed by atoms with Gasteiger partial charge in [0.05, 0.1) is 22.6 Å². The van der Waals surface area contributed by atoms with Crippen molar-refractivity contribution < 1.29 is 9.18 Å². The zero-order chi connectivity index (χ0) is 16.7. The molecule has 2 aromatic carbocycles. The summed E-state index contributed by atoms with van der Waals surface area (Å²) >= 11 is 3.34. The minimum atomic E-state index is -0.416. The predicted octanol–water partition coefficient (Wildman–Crippen LogP) is 4.44. The molecule has 1 N–H and O–H groups in total. The molecule has 1 fully saturated rings. The van der Waals surface area contributed by atoms with Crippen LogP contribution in [0.4, 0.5) is 4.39 Å². The van der Waals surface area contributed by atoms with Gasteiger partial charge in [0.2, 0.25) is 0 Å². The standard InChI is InChI=1S/C18H15BrFN3O/c19-13-8-7-11(20)10-12(13)18(24)23-9-3-6-16(23)17-21-14-4-1-2-5-15(14)22-17/h1-2,4-5,7-8,10,16H,3,6,9H2,(H,21,22). The van der Waals surface area contributed by atoms with Crippen LogP contribution in [0.1, 0.15) is 35.1 Å². The molecule has 4 rings (SSSR count). The van der Waals surface area contributed by atoms with Gasteiger partial charge in [-0.15, -0.1) is 0 Å². The number of imidazole rings is 1. The largest absolute Gasteiger partial charge is 0.340 e. The molecule has 4 nitrogen and oxygen atoms in total. The number of carbonyl (C=O) groups excluding carboxylic acids is 1. The number of rotatable bonds is 2. The number of benzene rings is 2. The van der Waals surface area contributed by atoms with Crippen molar-refractivity contribution in [1.29, 1.82) is 0 Å². The third-order valence-electron chi connectivity index (χ3n) is 4.40. The van der Waals surface area contributed by atoms with Gasteiger partial charge in [-0.2, -0.15) is 0 Å². The maximum absolute atomic E-state index is 13.5. The molecule has 1 unspecified atom stereocenters. The highest BCUT2D eigenvalue weighted by atomic mass is 79.9. The molecule has 1 aromatic heterocycles. The Kier molecular flexibility index (Phi) is 3.84. The summed E-state index contributed by atoms with van der Waals surface area (Å²) in [5.74, 6) is 0.194. The third-order valence-corrected chi connectivity index (χ3v) is 5.09. The number of carbonyl (C=O) groups is 1. The Bertz CT molecular complexity index is 891. The van der Waals surface area contributed by atoms with Gasteiger partial charge in [0.1, 0.15) is 11.6 Å². The van der Waals surface area contributed by atoms with Crippen LogP contribution in [0.15, 0.2) is 46.9 Å². The van der Waals surface area contributed by atoms with Crippen molar-refractivity contribution in [3.05, 3.63) is 64.1 Å². The first-order chi connectivity index (χ1) is 11.6. The Morgan fingerprint density at radius 1 is 1.29 bits per heavy atom. The number of H-pyrrole nitrogens is 1. The fourth-order valence-electron chi connectivity index (χ4n) is 3.24. The monoisotopic (exact) mass is 387 g/mol. The van der Waals surface area contributed by atoms with Crippen LogP contribution in [-0.2, 0) is 0 Å². The van der Waals surface area contributed by atoms with Gasteiger partial charge in [-0.3, -0.25) is 4.79 Å². The van der Waals surface area contributed by atoms with Gasteiger partial charge in [0.15, 0.2) is 0 Å². The summed E-state index contributed by atoms with van der Waals surface area (Å²) < 4.78 is 14.1. The number of likely N-dealkylation sites (tertiary alicyclic amines) is 1. The summed E-state index contributed by atoms with van der Waals surface area (Å²) in [7, 11) is 0. The molecule has 1 aliphatic heterocycles. The van der Waals surface area contributed by atoms with E-state index in [1.807, 2.05) is 24.3 Å². The highest BCUT2D eigenvalue weighted by Crippen LogP contribution is 2.33. The summed E-state index contributed by atoms with van der Waals surface area (Å²) in [5.41, 5.74) is 2.19. The number of hydrogen-bond donors (Lipinski definition) is 1. The first kappa shape index (κ1) is 15.3. The minimum absolute atomic E-state index is 0.111. The third kappa shape index (κ3) is 2.60. The highest BCUT2D eigenvalue weighted by molar-refractivity contribution is 9.10. The van der Waals surface area contributed by atoms with E-state index in [0.717, 1.165) is 29.7 Å². The van der Waals surface area contributed by atoms with Crippen molar-refractivity contribution in [3.8, 4) is 0 Å². The van der Waals surface area contributed by atoms with E-state index in [1.165, 1.54) is 12.1 Å². The minimum Gasteiger partial charge on any atom is -0.340 e. The Morgan fingerprint density at radius 3 is 2.96 bits per heavy atom. The SMILES string of the molecule is O=C(c1cc(F)ccc1Br)N1CCCC1c1nc2ccccc2[nH]1. The van der Waals surface area contributed by atoms with E-state index >= 15 is 0 Å². The molecule has 2 heterocycles. The number of nitrogens with zero attached hydrogens (tertiary/aromatic N) is 2. The molecule has 1 aliphatic rings. The summed E-state index contributed by atoms with van der Waals surface area (Å²) in [5, 5.41) is 0. The number of para-hydroxylation sites is 2. The molecule has 1 amide bonds. The van der Waals surface area contributed by atoms with Crippen molar-refractivity contribution in [1.82, 2.24) is 14.9 Å². The van der Waals surface area contributed by atoms with Gasteiger partial charge < -0.3 is 9.88 Å². The molecule has 0 bridgehead atoms. The van der Waals surface area contributed by atoms with Gasteiger partial charge >= 0.3 is 0 Å². The fraction of sp³-hybridized carbons (Fsp3) is 0.222. The zero-order valence-electron chi connectivity index (χ0n) is 12.8. The van der Waals surface area contributed by atoms with Crippen molar-refractivity contribution in [2.45, 2.75) is 18.9 Å². The van der Waals surface area contributed by atoms with Crippen LogP contribution in [0.25, 0.3) is 11.0 Å². The molecule has 1 atom stereocenters. The van der Waals surface area contributed by atoms with Crippen molar-refractivity contribution >= 4 is 32.9 Å². The van der Waals surface area contributed by atoms with Crippen molar-refractivity contribution in [2.75, 3.05) is 6.54 Å². The fourth-order valence-corrected chi connectivity index (χ4v) is 3.66. The Balaban J connectivity index is 1.69. The average Bonchev–Trinajstić information content (AvgIpc) is 3.22. The lowest BCUT2D eigenvalue weighted by Gasteiger charge is -2.23. The predicted molar refractivity (Wildman–Crippen MR) is 93.2 cm³/mol. The summed E-state index contributed by atoms with van der Waals surface area (Å²) in [4.78, 5) is 22.6. The Labute approximate surface area is 146 Å². The smallest absolute Gasteiger partial charge is 0.255 e. The van der Waals surface area contributed by atoms with Crippen LogP contribution in [0.3, 0.4) is 0 Å². The summed E-state index contributed by atoms with van der Waals surface area (Å²) in [6.45, 7) is 0.642. The maximum Gasteiger partial charge on any atom is 0.255 e. The van der Waals surface area contributed by atoms with E-state index in [4.69, 9.17) is 0 Å². The van der Waals surface area contributed by atoms with Crippen LogP contribution in [-0.4, -0.2) is 27.3 Å². The number of amides is 1. The molecule has 0 saturated carbocycles. The second kappa shape index (κ2) is 6.02. The molecule has 1 saturated heterocycles. The van der Waals surface area contributed by atoms with Gasteiger partial charge in [0.25, 0.3) is 5.91 Å². The highest BCUT2D eigenvalue weighted by Gasteiger charge is 2.33. The van der Waals surface area contributed by atoms with Crippen LogP contribution in [0.5, 0.6) is 0 Å². The van der Waals surface area contributed by atoms with Crippen LogP contribution in [0, 0.1) is 5.82 Å². The molecule has 0 spiro atoms. The lowest BCUT2D eigenvalue weighted by atomic mass is 10.1. The van der Waals surface area contributed by atoms with Gasteiger partial charge in [-0.25, -0.2) is 9.37 Å². The van der Waals surface area contributed by atoms with Gasteiger partial charge in [0, 0.05) is 11.0 Å². The number of nitrogens with one attached hydrogen (secondary N) is 1. The first-order valence-corrected chi connectivity index (χ1v) is 8.63. The maximum atomic E-state index is 13.5. The van der Waals surface area contributed by atoms with E-state index in [-0.39, 0.29) is 11.9 Å². The summed E-state index contributed by atoms with van der Waals surface area (Å²) in [6.07, 6.45) is 1.75. The number of hydrogen-bond acceptors (Lipinski definition) is 2. The van der Waals surface area contributed by atoms with E-state index in [1.54, 1.807) is 11.0 Å². The van der Waals surface area contributed by atoms with Crippen LogP contribution < -0.4 is 0 Å². The zero-order valence-corrected chi connectivity index (χ0v) is 14.4. The normalized spacial score (nSPS) is 17.6.